The van der Waals surface area contributed by atoms with Crippen LogP contribution in [-0.4, -0.2) is 18.3 Å². The number of carbonyl (C=O) groups excluding carboxylic acids is 1. The molecule has 0 aromatic heterocycles. The molecular formula is C19H20N2O2S. The normalized spacial score (nSPS) is 10.0. The van der Waals surface area contributed by atoms with Crippen molar-refractivity contribution in [1.29, 1.82) is 5.26 Å². The number of para-hydroxylation sites is 2. The van der Waals surface area contributed by atoms with Crippen molar-refractivity contribution in [3.05, 3.63) is 59.7 Å². The topological polar surface area (TPSA) is 62.1 Å². The average Bonchev–Trinajstić information content (AvgIpc) is 2.61. The fraction of sp³-hybridized carbons (Fsp3) is 0.263. The molecule has 0 aliphatic carbocycles. The van der Waals surface area contributed by atoms with Crippen LogP contribution >= 0.6 is 11.8 Å². The molecule has 0 unspecified atom stereocenters. The molecule has 0 saturated carbocycles. The van der Waals surface area contributed by atoms with Crippen LogP contribution in [0.1, 0.15) is 24.5 Å². The lowest BCUT2D eigenvalue weighted by Crippen LogP contribution is -2.15. The highest BCUT2D eigenvalue weighted by atomic mass is 32.2. The Balaban J connectivity index is 1.82. The molecule has 24 heavy (non-hydrogen) atoms. The zero-order valence-electron chi connectivity index (χ0n) is 13.6. The van der Waals surface area contributed by atoms with E-state index in [4.69, 9.17) is 10.00 Å². The van der Waals surface area contributed by atoms with Crippen LogP contribution in [0.5, 0.6) is 5.75 Å². The molecule has 1 amide bonds. The Labute approximate surface area is 146 Å². The van der Waals surface area contributed by atoms with Crippen molar-refractivity contribution in [2.24, 2.45) is 0 Å². The summed E-state index contributed by atoms with van der Waals surface area (Å²) >= 11 is 1.54. The van der Waals surface area contributed by atoms with Gasteiger partial charge in [-0.3, -0.25) is 4.79 Å². The summed E-state index contributed by atoms with van der Waals surface area (Å²) in [6.07, 6.45) is 0.919. The minimum absolute atomic E-state index is 0.0545. The van der Waals surface area contributed by atoms with Crippen molar-refractivity contribution < 1.29 is 9.53 Å². The van der Waals surface area contributed by atoms with E-state index in [-0.39, 0.29) is 5.91 Å². The van der Waals surface area contributed by atoms with Crippen molar-refractivity contribution in [2.45, 2.75) is 19.1 Å². The SMILES string of the molecule is CCCOc1ccccc1NC(=O)CSCc1ccc(C#N)cc1. The minimum atomic E-state index is -0.0545. The number of nitriles is 1. The fourth-order valence-corrected chi connectivity index (χ4v) is 2.82. The largest absolute Gasteiger partial charge is 0.491 e. The van der Waals surface area contributed by atoms with Gasteiger partial charge in [0, 0.05) is 5.75 Å². The highest BCUT2D eigenvalue weighted by molar-refractivity contribution is 7.99. The van der Waals surface area contributed by atoms with E-state index in [1.54, 1.807) is 12.1 Å². The average molecular weight is 340 g/mol. The molecule has 0 aliphatic heterocycles. The smallest absolute Gasteiger partial charge is 0.234 e. The third-order valence-electron chi connectivity index (χ3n) is 3.21. The Hall–Kier alpha value is -2.45. The first-order valence-electron chi connectivity index (χ1n) is 7.81. The first-order valence-corrected chi connectivity index (χ1v) is 8.97. The van der Waals surface area contributed by atoms with Gasteiger partial charge in [-0.15, -0.1) is 11.8 Å². The van der Waals surface area contributed by atoms with Gasteiger partial charge in [-0.05, 0) is 36.2 Å². The molecule has 2 aromatic rings. The molecule has 0 spiro atoms. The van der Waals surface area contributed by atoms with Gasteiger partial charge >= 0.3 is 0 Å². The second-order valence-electron chi connectivity index (χ2n) is 5.19. The van der Waals surface area contributed by atoms with Gasteiger partial charge in [-0.1, -0.05) is 31.2 Å². The first kappa shape index (κ1) is 17.9. The first-order chi connectivity index (χ1) is 11.7. The number of hydrogen-bond acceptors (Lipinski definition) is 4. The second-order valence-corrected chi connectivity index (χ2v) is 6.18. The van der Waals surface area contributed by atoms with Crippen LogP contribution in [0.2, 0.25) is 0 Å². The predicted octanol–water partition coefficient (Wildman–Crippen LogP) is 4.22. The summed E-state index contributed by atoms with van der Waals surface area (Å²) < 4.78 is 5.63. The van der Waals surface area contributed by atoms with E-state index >= 15 is 0 Å². The zero-order chi connectivity index (χ0) is 17.2. The van der Waals surface area contributed by atoms with Crippen LogP contribution in [0.25, 0.3) is 0 Å². The van der Waals surface area contributed by atoms with Crippen LogP contribution < -0.4 is 10.1 Å². The van der Waals surface area contributed by atoms with Crippen LogP contribution in [-0.2, 0) is 10.5 Å². The van der Waals surface area contributed by atoms with E-state index in [1.807, 2.05) is 43.3 Å². The van der Waals surface area contributed by atoms with Crippen molar-refractivity contribution in [2.75, 3.05) is 17.7 Å². The van der Waals surface area contributed by atoms with E-state index in [0.29, 0.717) is 29.4 Å². The lowest BCUT2D eigenvalue weighted by atomic mass is 10.2. The number of anilines is 1. The zero-order valence-corrected chi connectivity index (χ0v) is 14.4. The molecule has 0 atom stereocenters. The molecule has 0 fully saturated rings. The third kappa shape index (κ3) is 5.64. The summed E-state index contributed by atoms with van der Waals surface area (Å²) in [5.74, 6) is 1.74. The maximum absolute atomic E-state index is 12.1. The molecule has 0 radical (unpaired) electrons. The number of carbonyl (C=O) groups is 1. The summed E-state index contributed by atoms with van der Waals surface area (Å²) in [4.78, 5) is 12.1. The van der Waals surface area contributed by atoms with Gasteiger partial charge in [-0.25, -0.2) is 0 Å². The molecule has 0 aliphatic rings. The number of benzene rings is 2. The molecule has 124 valence electrons. The summed E-state index contributed by atoms with van der Waals surface area (Å²) in [5, 5.41) is 11.7. The maximum atomic E-state index is 12.1. The van der Waals surface area contributed by atoms with Crippen molar-refractivity contribution in [1.82, 2.24) is 0 Å². The molecule has 0 heterocycles. The summed E-state index contributed by atoms with van der Waals surface area (Å²) in [6, 6.07) is 17.0. The van der Waals surface area contributed by atoms with E-state index in [9.17, 15) is 4.79 Å². The van der Waals surface area contributed by atoms with Crippen LogP contribution in [0.15, 0.2) is 48.5 Å². The lowest BCUT2D eigenvalue weighted by molar-refractivity contribution is -0.113. The highest BCUT2D eigenvalue weighted by Gasteiger charge is 2.07. The maximum Gasteiger partial charge on any atom is 0.234 e. The Morgan fingerprint density at radius 3 is 2.67 bits per heavy atom. The second kappa shape index (κ2) is 9.64. The third-order valence-corrected chi connectivity index (χ3v) is 4.21. The molecule has 0 saturated heterocycles. The van der Waals surface area contributed by atoms with E-state index < -0.39 is 0 Å². The molecule has 4 nitrogen and oxygen atoms in total. The Morgan fingerprint density at radius 1 is 1.21 bits per heavy atom. The number of hydrogen-bond donors (Lipinski definition) is 1. The van der Waals surface area contributed by atoms with E-state index in [1.165, 1.54) is 11.8 Å². The Kier molecular flexibility index (Phi) is 7.19. The monoisotopic (exact) mass is 340 g/mol. The summed E-state index contributed by atoms with van der Waals surface area (Å²) in [5.41, 5.74) is 2.44. The van der Waals surface area contributed by atoms with Gasteiger partial charge < -0.3 is 10.1 Å². The number of rotatable bonds is 8. The molecule has 2 rings (SSSR count). The number of nitrogens with zero attached hydrogens (tertiary/aromatic N) is 1. The van der Waals surface area contributed by atoms with E-state index in [0.717, 1.165) is 17.7 Å². The Morgan fingerprint density at radius 2 is 1.96 bits per heavy atom. The fourth-order valence-electron chi connectivity index (χ4n) is 2.03. The standard InChI is InChI=1S/C19H20N2O2S/c1-2-11-23-18-6-4-3-5-17(18)21-19(22)14-24-13-16-9-7-15(12-20)8-10-16/h3-10H,2,11,13-14H2,1H3,(H,21,22). The van der Waals surface area contributed by atoms with Crippen molar-refractivity contribution >= 4 is 23.4 Å². The van der Waals surface area contributed by atoms with Crippen LogP contribution in [0.3, 0.4) is 0 Å². The lowest BCUT2D eigenvalue weighted by Gasteiger charge is -2.11. The summed E-state index contributed by atoms with van der Waals surface area (Å²) in [6.45, 7) is 2.67. The molecular weight excluding hydrogens is 320 g/mol. The van der Waals surface area contributed by atoms with Crippen LogP contribution in [0, 0.1) is 11.3 Å². The van der Waals surface area contributed by atoms with Crippen molar-refractivity contribution in [3.8, 4) is 11.8 Å². The van der Waals surface area contributed by atoms with Gasteiger partial charge in [0.1, 0.15) is 5.75 Å². The number of nitrogens with one attached hydrogen (secondary N) is 1. The number of thioether (sulfide) groups is 1. The van der Waals surface area contributed by atoms with Gasteiger partial charge in [0.05, 0.1) is 29.7 Å². The van der Waals surface area contributed by atoms with Gasteiger partial charge in [0.25, 0.3) is 0 Å². The number of amides is 1. The van der Waals surface area contributed by atoms with Gasteiger partial charge in [0.2, 0.25) is 5.91 Å². The number of ether oxygens (including phenoxy) is 1. The van der Waals surface area contributed by atoms with Gasteiger partial charge in [-0.2, -0.15) is 5.26 Å². The van der Waals surface area contributed by atoms with Crippen molar-refractivity contribution in [3.63, 3.8) is 0 Å². The van der Waals surface area contributed by atoms with Gasteiger partial charge in [0.15, 0.2) is 0 Å². The summed E-state index contributed by atoms with van der Waals surface area (Å²) in [7, 11) is 0. The van der Waals surface area contributed by atoms with E-state index in [2.05, 4.69) is 11.4 Å². The predicted molar refractivity (Wildman–Crippen MR) is 98.2 cm³/mol. The Bertz CT molecular complexity index is 708. The molecule has 5 heteroatoms. The minimum Gasteiger partial charge on any atom is -0.491 e. The molecule has 1 N–H and O–H groups in total. The highest BCUT2D eigenvalue weighted by Crippen LogP contribution is 2.24. The quantitative estimate of drug-likeness (QED) is 0.781. The molecule has 0 bridgehead atoms. The van der Waals surface area contributed by atoms with Crippen LogP contribution in [0.4, 0.5) is 5.69 Å². The molecule has 2 aromatic carbocycles.